The average Bonchev–Trinajstić information content (AvgIpc) is 3.13. The maximum absolute atomic E-state index is 5.52. The Morgan fingerprint density at radius 1 is 0.967 bits per heavy atom. The highest BCUT2D eigenvalue weighted by Gasteiger charge is 2.17. The third kappa shape index (κ3) is 4.74. The number of nitrogens with zero attached hydrogens (tertiary/aromatic N) is 3. The van der Waals surface area contributed by atoms with Crippen molar-refractivity contribution in [2.75, 3.05) is 21.3 Å². The van der Waals surface area contributed by atoms with Gasteiger partial charge in [0.1, 0.15) is 0 Å². The number of aryl methyl sites for hydroxylation is 1. The molecule has 3 rings (SSSR count). The summed E-state index contributed by atoms with van der Waals surface area (Å²) in [6.45, 7) is 6.16. The molecule has 0 N–H and O–H groups in total. The maximum atomic E-state index is 5.52. The molecule has 0 aliphatic rings. The van der Waals surface area contributed by atoms with E-state index in [-0.39, 0.29) is 6.04 Å². The van der Waals surface area contributed by atoms with Crippen LogP contribution in [0.1, 0.15) is 25.0 Å². The predicted octanol–water partition coefficient (Wildman–Crippen LogP) is 4.74. The molecule has 0 amide bonds. The average molecular weight is 426 g/mol. The van der Waals surface area contributed by atoms with E-state index in [0.717, 1.165) is 21.6 Å². The van der Waals surface area contributed by atoms with Crippen molar-refractivity contribution < 1.29 is 14.2 Å². The van der Waals surface area contributed by atoms with Gasteiger partial charge in [-0.1, -0.05) is 29.8 Å². The topological polar surface area (TPSA) is 57.3 Å². The number of hydrogen-bond acceptors (Lipinski definition) is 6. The molecule has 0 saturated heterocycles. The first-order valence-corrected chi connectivity index (χ1v) is 10.5. The Hall–Kier alpha value is -3.06. The van der Waals surface area contributed by atoms with Crippen LogP contribution in [-0.2, 0) is 0 Å². The lowest BCUT2D eigenvalue weighted by atomic mass is 10.1. The molecule has 0 unspecified atom stereocenters. The van der Waals surface area contributed by atoms with Crippen LogP contribution in [0.5, 0.6) is 17.2 Å². The molecule has 0 spiro atoms. The molecular weight excluding hydrogens is 398 g/mol. The van der Waals surface area contributed by atoms with Crippen LogP contribution >= 0.6 is 11.3 Å². The van der Waals surface area contributed by atoms with Gasteiger partial charge in [-0.25, -0.2) is 4.68 Å². The quantitative estimate of drug-likeness (QED) is 0.514. The van der Waals surface area contributed by atoms with Crippen LogP contribution in [0.4, 0.5) is 0 Å². The van der Waals surface area contributed by atoms with Gasteiger partial charge in [-0.3, -0.25) is 4.99 Å². The molecule has 0 aliphatic carbocycles. The van der Waals surface area contributed by atoms with Crippen LogP contribution in [0, 0.1) is 6.92 Å². The lowest BCUT2D eigenvalue weighted by Gasteiger charge is -2.14. The molecule has 1 heterocycles. The van der Waals surface area contributed by atoms with Crippen molar-refractivity contribution in [1.82, 2.24) is 4.68 Å². The van der Waals surface area contributed by atoms with Gasteiger partial charge < -0.3 is 14.2 Å². The molecule has 0 saturated carbocycles. The summed E-state index contributed by atoms with van der Waals surface area (Å²) in [5, 5.41) is 6.78. The number of benzene rings is 2. The molecule has 1 aromatic heterocycles. The summed E-state index contributed by atoms with van der Waals surface area (Å²) in [6.07, 6.45) is 1.84. The lowest BCUT2D eigenvalue weighted by molar-refractivity contribution is 0.324. The van der Waals surface area contributed by atoms with Crippen molar-refractivity contribution in [3.05, 3.63) is 57.7 Å². The van der Waals surface area contributed by atoms with E-state index in [1.165, 1.54) is 5.56 Å². The van der Waals surface area contributed by atoms with Crippen molar-refractivity contribution in [2.45, 2.75) is 26.8 Å². The molecule has 6 nitrogen and oxygen atoms in total. The normalized spacial score (nSPS) is 12.0. The Bertz CT molecular complexity index is 1070. The Kier molecular flexibility index (Phi) is 6.95. The summed E-state index contributed by atoms with van der Waals surface area (Å²) >= 11 is 1.54. The molecule has 158 valence electrons. The minimum Gasteiger partial charge on any atom is -0.493 e. The minimum atomic E-state index is 0.150. The van der Waals surface area contributed by atoms with E-state index in [0.29, 0.717) is 17.2 Å². The van der Waals surface area contributed by atoms with E-state index in [1.807, 2.05) is 54.4 Å². The number of methoxy groups -OCH3 is 3. The highest BCUT2D eigenvalue weighted by Crippen LogP contribution is 2.41. The van der Waals surface area contributed by atoms with E-state index >= 15 is 0 Å². The SMILES string of the molecule is COc1cc(-c2csc(=NC(C)C)n2N=Cc2ccc(C)cc2)cc(OC)c1OC. The fourth-order valence-corrected chi connectivity index (χ4v) is 3.90. The first-order valence-electron chi connectivity index (χ1n) is 9.62. The second-order valence-electron chi connectivity index (χ2n) is 7.01. The summed E-state index contributed by atoms with van der Waals surface area (Å²) in [5.41, 5.74) is 4.02. The molecule has 3 aromatic rings. The summed E-state index contributed by atoms with van der Waals surface area (Å²) in [7, 11) is 4.81. The third-order valence-electron chi connectivity index (χ3n) is 4.41. The van der Waals surface area contributed by atoms with Gasteiger partial charge in [0, 0.05) is 17.0 Å². The van der Waals surface area contributed by atoms with Gasteiger partial charge in [0.2, 0.25) is 10.6 Å². The van der Waals surface area contributed by atoms with E-state index in [4.69, 9.17) is 24.3 Å². The van der Waals surface area contributed by atoms with Gasteiger partial charge in [0.05, 0.1) is 33.2 Å². The van der Waals surface area contributed by atoms with E-state index in [9.17, 15) is 0 Å². The highest BCUT2D eigenvalue weighted by atomic mass is 32.1. The number of hydrogen-bond donors (Lipinski definition) is 0. The van der Waals surface area contributed by atoms with Crippen molar-refractivity contribution in [2.24, 2.45) is 10.1 Å². The highest BCUT2D eigenvalue weighted by molar-refractivity contribution is 7.07. The molecule has 2 aromatic carbocycles. The zero-order chi connectivity index (χ0) is 21.7. The smallest absolute Gasteiger partial charge is 0.206 e. The Morgan fingerprint density at radius 2 is 1.60 bits per heavy atom. The summed E-state index contributed by atoms with van der Waals surface area (Å²) in [6, 6.07) is 12.2. The second-order valence-corrected chi connectivity index (χ2v) is 7.84. The first-order chi connectivity index (χ1) is 14.5. The van der Waals surface area contributed by atoms with E-state index in [1.54, 1.807) is 32.7 Å². The number of aromatic nitrogens is 1. The summed E-state index contributed by atoms with van der Waals surface area (Å²) < 4.78 is 18.3. The van der Waals surface area contributed by atoms with Gasteiger partial charge in [-0.05, 0) is 38.5 Å². The fourth-order valence-electron chi connectivity index (χ4n) is 2.93. The van der Waals surface area contributed by atoms with Gasteiger partial charge in [-0.2, -0.15) is 5.10 Å². The Balaban J connectivity index is 2.16. The van der Waals surface area contributed by atoms with Crippen LogP contribution in [0.25, 0.3) is 11.3 Å². The van der Waals surface area contributed by atoms with E-state index < -0.39 is 0 Å². The predicted molar refractivity (Wildman–Crippen MR) is 122 cm³/mol. The standard InChI is InChI=1S/C23H27N3O3S/c1-15(2)25-23-26(24-13-17-9-7-16(3)8-10-17)19(14-30-23)18-11-20(27-4)22(29-6)21(12-18)28-5/h7-15H,1-6H3. The summed E-state index contributed by atoms with van der Waals surface area (Å²) in [4.78, 5) is 5.55. The molecule has 0 aliphatic heterocycles. The monoisotopic (exact) mass is 425 g/mol. The van der Waals surface area contributed by atoms with Gasteiger partial charge >= 0.3 is 0 Å². The van der Waals surface area contributed by atoms with Crippen LogP contribution < -0.4 is 19.0 Å². The largest absolute Gasteiger partial charge is 0.493 e. The van der Waals surface area contributed by atoms with Crippen molar-refractivity contribution >= 4 is 17.6 Å². The fraction of sp³-hybridized carbons (Fsp3) is 0.304. The minimum absolute atomic E-state index is 0.150. The van der Waals surface area contributed by atoms with E-state index in [2.05, 4.69) is 19.1 Å². The first kappa shape index (κ1) is 21.6. The Morgan fingerprint density at radius 3 is 2.13 bits per heavy atom. The molecule has 7 heteroatoms. The van der Waals surface area contributed by atoms with Crippen molar-refractivity contribution in [3.8, 4) is 28.5 Å². The molecule has 30 heavy (non-hydrogen) atoms. The second kappa shape index (κ2) is 9.63. The van der Waals surface area contributed by atoms with Crippen molar-refractivity contribution in [1.29, 1.82) is 0 Å². The number of rotatable bonds is 7. The number of ether oxygens (including phenoxy) is 3. The zero-order valence-electron chi connectivity index (χ0n) is 18.2. The molecule has 0 radical (unpaired) electrons. The maximum Gasteiger partial charge on any atom is 0.206 e. The van der Waals surface area contributed by atoms with Crippen molar-refractivity contribution in [3.63, 3.8) is 0 Å². The Labute approximate surface area is 181 Å². The molecule has 0 atom stereocenters. The zero-order valence-corrected chi connectivity index (χ0v) is 19.0. The number of thiazole rings is 1. The summed E-state index contributed by atoms with van der Waals surface area (Å²) in [5.74, 6) is 1.74. The van der Waals surface area contributed by atoms with Gasteiger partial charge in [-0.15, -0.1) is 11.3 Å². The van der Waals surface area contributed by atoms with Crippen LogP contribution in [0.2, 0.25) is 0 Å². The van der Waals surface area contributed by atoms with Gasteiger partial charge in [0.25, 0.3) is 0 Å². The third-order valence-corrected chi connectivity index (χ3v) is 5.24. The van der Waals surface area contributed by atoms with Crippen LogP contribution in [-0.4, -0.2) is 38.3 Å². The molecule has 0 fully saturated rings. The molecular formula is C23H27N3O3S. The molecule has 0 bridgehead atoms. The lowest BCUT2D eigenvalue weighted by Crippen LogP contribution is -2.14. The van der Waals surface area contributed by atoms with Crippen LogP contribution in [0.3, 0.4) is 0 Å². The van der Waals surface area contributed by atoms with Gasteiger partial charge in [0.15, 0.2) is 11.5 Å². The van der Waals surface area contributed by atoms with Crippen LogP contribution in [0.15, 0.2) is 51.9 Å².